The number of hydrogen-bond donors (Lipinski definition) is 2. The Morgan fingerprint density at radius 2 is 2.10 bits per heavy atom. The van der Waals surface area contributed by atoms with Crippen LogP contribution in [0.15, 0.2) is 35.1 Å². The molecule has 0 saturated heterocycles. The van der Waals surface area contributed by atoms with E-state index in [4.69, 9.17) is 0 Å². The molecule has 1 aromatic heterocycles. The minimum atomic E-state index is -0.346. The molecule has 0 aliphatic heterocycles. The highest BCUT2D eigenvalue weighted by Crippen LogP contribution is 2.13. The first kappa shape index (κ1) is 14.3. The van der Waals surface area contributed by atoms with Gasteiger partial charge >= 0.3 is 0 Å². The lowest BCUT2D eigenvalue weighted by molar-refractivity contribution is 0.447. The number of aryl methyl sites for hydroxylation is 1. The maximum atomic E-state index is 12.0. The Bertz CT molecular complexity index is 662. The molecule has 0 unspecified atom stereocenters. The lowest BCUT2D eigenvalue weighted by atomic mass is 10.2. The van der Waals surface area contributed by atoms with E-state index in [2.05, 4.69) is 10.4 Å². The second kappa shape index (κ2) is 5.88. The zero-order chi connectivity index (χ0) is 14.7. The van der Waals surface area contributed by atoms with Crippen LogP contribution in [0, 0.1) is 6.92 Å². The highest BCUT2D eigenvalue weighted by molar-refractivity contribution is 5.36. The summed E-state index contributed by atoms with van der Waals surface area (Å²) < 4.78 is 1.31. The van der Waals surface area contributed by atoms with Crippen molar-refractivity contribution in [3.05, 3.63) is 51.9 Å². The highest BCUT2D eigenvalue weighted by atomic mass is 16.3. The predicted octanol–water partition coefficient (Wildman–Crippen LogP) is 1.74. The van der Waals surface area contributed by atoms with Gasteiger partial charge in [0, 0.05) is 18.7 Å². The van der Waals surface area contributed by atoms with Gasteiger partial charge < -0.3 is 10.4 Å². The molecule has 106 valence electrons. The third-order valence-corrected chi connectivity index (χ3v) is 2.91. The Labute approximate surface area is 117 Å². The van der Waals surface area contributed by atoms with Crippen LogP contribution in [0.25, 0.3) is 5.69 Å². The molecule has 0 saturated carbocycles. The summed E-state index contributed by atoms with van der Waals surface area (Å²) in [6.45, 7) is 6.38. The third kappa shape index (κ3) is 3.24. The lowest BCUT2D eigenvalue weighted by Crippen LogP contribution is -2.26. The zero-order valence-electron chi connectivity index (χ0n) is 11.9. The fourth-order valence-corrected chi connectivity index (χ4v) is 1.85. The van der Waals surface area contributed by atoms with E-state index in [1.54, 1.807) is 0 Å². The van der Waals surface area contributed by atoms with E-state index in [-0.39, 0.29) is 17.4 Å². The second-order valence-electron chi connectivity index (χ2n) is 5.10. The van der Waals surface area contributed by atoms with Crippen molar-refractivity contribution in [2.75, 3.05) is 0 Å². The molecule has 5 heteroatoms. The molecule has 0 bridgehead atoms. The van der Waals surface area contributed by atoms with E-state index in [1.165, 1.54) is 10.7 Å². The number of rotatable bonds is 4. The molecule has 2 aromatic rings. The van der Waals surface area contributed by atoms with Crippen LogP contribution in [0.3, 0.4) is 0 Å². The molecule has 0 radical (unpaired) electrons. The van der Waals surface area contributed by atoms with Crippen LogP contribution in [0.4, 0.5) is 0 Å². The Kier molecular flexibility index (Phi) is 4.20. The van der Waals surface area contributed by atoms with Crippen LogP contribution in [-0.2, 0) is 6.54 Å². The van der Waals surface area contributed by atoms with E-state index in [0.29, 0.717) is 17.9 Å². The molecular formula is C15H19N3O2. The molecule has 1 aromatic carbocycles. The van der Waals surface area contributed by atoms with Gasteiger partial charge in [0.25, 0.3) is 5.56 Å². The molecule has 20 heavy (non-hydrogen) atoms. The summed E-state index contributed by atoms with van der Waals surface area (Å²) in [5.74, 6) is -0.0768. The SMILES string of the molecule is Cc1cccc(-n2nc(CNC(C)C)c(O)cc2=O)c1. The number of nitrogens with zero attached hydrogens (tertiary/aromatic N) is 2. The zero-order valence-corrected chi connectivity index (χ0v) is 11.9. The van der Waals surface area contributed by atoms with Crippen LogP contribution in [0.1, 0.15) is 25.1 Å². The Hall–Kier alpha value is -2.14. The molecule has 0 aliphatic carbocycles. The topological polar surface area (TPSA) is 67.2 Å². The van der Waals surface area contributed by atoms with Crippen LogP contribution in [-0.4, -0.2) is 20.9 Å². The van der Waals surface area contributed by atoms with Gasteiger partial charge in [-0.3, -0.25) is 4.79 Å². The van der Waals surface area contributed by atoms with Crippen LogP contribution < -0.4 is 10.9 Å². The van der Waals surface area contributed by atoms with Gasteiger partial charge in [-0.05, 0) is 24.6 Å². The summed E-state index contributed by atoms with van der Waals surface area (Å²) in [6.07, 6.45) is 0. The molecule has 1 heterocycles. The van der Waals surface area contributed by atoms with Crippen molar-refractivity contribution in [2.45, 2.75) is 33.4 Å². The molecule has 0 spiro atoms. The van der Waals surface area contributed by atoms with Gasteiger partial charge in [-0.2, -0.15) is 9.78 Å². The fraction of sp³-hybridized carbons (Fsp3) is 0.333. The van der Waals surface area contributed by atoms with Crippen molar-refractivity contribution in [3.63, 3.8) is 0 Å². The summed E-state index contributed by atoms with van der Waals surface area (Å²) >= 11 is 0. The number of nitrogens with one attached hydrogen (secondary N) is 1. The quantitative estimate of drug-likeness (QED) is 0.890. The van der Waals surface area contributed by atoms with E-state index in [0.717, 1.165) is 5.56 Å². The Balaban J connectivity index is 2.43. The number of hydrogen-bond acceptors (Lipinski definition) is 4. The van der Waals surface area contributed by atoms with Crippen molar-refractivity contribution in [3.8, 4) is 11.4 Å². The van der Waals surface area contributed by atoms with Crippen LogP contribution in [0.5, 0.6) is 5.75 Å². The van der Waals surface area contributed by atoms with E-state index < -0.39 is 0 Å². The molecular weight excluding hydrogens is 254 g/mol. The van der Waals surface area contributed by atoms with Crippen molar-refractivity contribution in [2.24, 2.45) is 0 Å². The Morgan fingerprint density at radius 3 is 2.75 bits per heavy atom. The molecule has 5 nitrogen and oxygen atoms in total. The largest absolute Gasteiger partial charge is 0.506 e. The maximum Gasteiger partial charge on any atom is 0.275 e. The van der Waals surface area contributed by atoms with Crippen molar-refractivity contribution in [1.29, 1.82) is 0 Å². The first-order valence-corrected chi connectivity index (χ1v) is 6.60. The normalized spacial score (nSPS) is 11.0. The van der Waals surface area contributed by atoms with E-state index >= 15 is 0 Å². The average molecular weight is 273 g/mol. The molecule has 0 amide bonds. The van der Waals surface area contributed by atoms with E-state index in [9.17, 15) is 9.90 Å². The summed E-state index contributed by atoms with van der Waals surface area (Å²) in [5.41, 5.74) is 1.85. The summed E-state index contributed by atoms with van der Waals surface area (Å²) in [4.78, 5) is 12.0. The second-order valence-corrected chi connectivity index (χ2v) is 5.10. The molecule has 0 atom stereocenters. The van der Waals surface area contributed by atoms with E-state index in [1.807, 2.05) is 45.0 Å². The summed E-state index contributed by atoms with van der Waals surface area (Å²) in [6, 6.07) is 9.00. The van der Waals surface area contributed by atoms with Gasteiger partial charge in [0.1, 0.15) is 11.4 Å². The average Bonchev–Trinajstić information content (AvgIpc) is 2.37. The number of benzene rings is 1. The number of aromatic hydroxyl groups is 1. The smallest absolute Gasteiger partial charge is 0.275 e. The highest BCUT2D eigenvalue weighted by Gasteiger charge is 2.09. The van der Waals surface area contributed by atoms with Crippen molar-refractivity contribution >= 4 is 0 Å². The van der Waals surface area contributed by atoms with Gasteiger partial charge in [-0.25, -0.2) is 0 Å². The van der Waals surface area contributed by atoms with Crippen LogP contribution in [0.2, 0.25) is 0 Å². The standard InChI is InChI=1S/C15H19N3O2/c1-10(2)16-9-13-14(19)8-15(20)18(17-13)12-6-4-5-11(3)7-12/h4-8,10,16,19H,9H2,1-3H3. The van der Waals surface area contributed by atoms with Crippen molar-refractivity contribution < 1.29 is 5.11 Å². The van der Waals surface area contributed by atoms with Gasteiger partial charge in [0.15, 0.2) is 0 Å². The number of aromatic nitrogens is 2. The summed E-state index contributed by atoms with van der Waals surface area (Å²) in [7, 11) is 0. The van der Waals surface area contributed by atoms with Gasteiger partial charge in [0.2, 0.25) is 0 Å². The van der Waals surface area contributed by atoms with Gasteiger partial charge in [0.05, 0.1) is 5.69 Å². The Morgan fingerprint density at radius 1 is 1.35 bits per heavy atom. The lowest BCUT2D eigenvalue weighted by Gasteiger charge is -2.11. The van der Waals surface area contributed by atoms with Gasteiger partial charge in [-0.15, -0.1) is 0 Å². The van der Waals surface area contributed by atoms with Crippen LogP contribution >= 0.6 is 0 Å². The first-order valence-electron chi connectivity index (χ1n) is 6.60. The maximum absolute atomic E-state index is 12.0. The minimum absolute atomic E-state index is 0.0768. The minimum Gasteiger partial charge on any atom is -0.506 e. The fourth-order valence-electron chi connectivity index (χ4n) is 1.85. The monoisotopic (exact) mass is 273 g/mol. The molecule has 2 rings (SSSR count). The molecule has 0 aliphatic rings. The van der Waals surface area contributed by atoms with Crippen molar-refractivity contribution in [1.82, 2.24) is 15.1 Å². The first-order chi connectivity index (χ1) is 9.47. The summed E-state index contributed by atoms with van der Waals surface area (Å²) in [5, 5.41) is 17.2. The third-order valence-electron chi connectivity index (χ3n) is 2.91. The molecule has 2 N–H and O–H groups in total. The predicted molar refractivity (Wildman–Crippen MR) is 78.2 cm³/mol. The van der Waals surface area contributed by atoms with Gasteiger partial charge in [-0.1, -0.05) is 26.0 Å². The molecule has 0 fully saturated rings.